The van der Waals surface area contributed by atoms with Crippen LogP contribution >= 0.6 is 0 Å². The highest BCUT2D eigenvalue weighted by Crippen LogP contribution is 2.47. The normalized spacial score (nSPS) is 17.2. The molecule has 1 aromatic carbocycles. The Bertz CT molecular complexity index is 625. The summed E-state index contributed by atoms with van der Waals surface area (Å²) in [5, 5.41) is 13.6. The number of hydrogen-bond acceptors (Lipinski definition) is 2. The summed E-state index contributed by atoms with van der Waals surface area (Å²) < 4.78 is 1.74. The van der Waals surface area contributed by atoms with Gasteiger partial charge in [-0.3, -0.25) is 4.68 Å². The highest BCUT2D eigenvalue weighted by molar-refractivity contribution is 5.89. The van der Waals surface area contributed by atoms with Crippen molar-refractivity contribution in [3.63, 3.8) is 0 Å². The first-order valence-electron chi connectivity index (χ1n) is 6.96. The van der Waals surface area contributed by atoms with E-state index < -0.39 is 5.97 Å². The predicted octanol–water partition coefficient (Wildman–Crippen LogP) is 2.98. The number of aryl methyl sites for hydroxylation is 1. The van der Waals surface area contributed by atoms with Gasteiger partial charge in [-0.2, -0.15) is 5.10 Å². The lowest BCUT2D eigenvalue weighted by atomic mass is 9.74. The molecule has 1 aliphatic rings. The Morgan fingerprint density at radius 3 is 2.50 bits per heavy atom. The molecule has 104 valence electrons. The van der Waals surface area contributed by atoms with Crippen molar-refractivity contribution in [1.29, 1.82) is 0 Å². The number of carboxylic acids is 1. The van der Waals surface area contributed by atoms with Crippen molar-refractivity contribution in [3.05, 3.63) is 53.3 Å². The van der Waals surface area contributed by atoms with Crippen LogP contribution in [0.4, 0.5) is 0 Å². The zero-order valence-electron chi connectivity index (χ0n) is 11.5. The van der Waals surface area contributed by atoms with E-state index in [1.807, 2.05) is 25.2 Å². The molecule has 1 N–H and O–H groups in total. The van der Waals surface area contributed by atoms with Gasteiger partial charge in [0.15, 0.2) is 0 Å². The van der Waals surface area contributed by atoms with Crippen LogP contribution in [0.5, 0.6) is 0 Å². The van der Waals surface area contributed by atoms with Crippen molar-refractivity contribution in [2.24, 2.45) is 7.05 Å². The van der Waals surface area contributed by atoms with E-state index in [0.29, 0.717) is 5.56 Å². The summed E-state index contributed by atoms with van der Waals surface area (Å²) in [6, 6.07) is 10.2. The van der Waals surface area contributed by atoms with Gasteiger partial charge in [-0.15, -0.1) is 0 Å². The van der Waals surface area contributed by atoms with Crippen molar-refractivity contribution < 1.29 is 9.90 Å². The summed E-state index contributed by atoms with van der Waals surface area (Å²) in [6.07, 6.45) is 5.69. The maximum atomic E-state index is 11.5. The third-order valence-corrected chi connectivity index (χ3v) is 4.41. The third kappa shape index (κ3) is 1.83. The van der Waals surface area contributed by atoms with Gasteiger partial charge in [-0.05, 0) is 18.4 Å². The third-order valence-electron chi connectivity index (χ3n) is 4.41. The molecule has 1 fully saturated rings. The Morgan fingerprint density at radius 1 is 1.25 bits per heavy atom. The van der Waals surface area contributed by atoms with Gasteiger partial charge < -0.3 is 5.11 Å². The molecule has 1 aromatic heterocycles. The number of benzene rings is 1. The molecule has 1 aliphatic carbocycles. The van der Waals surface area contributed by atoms with Crippen molar-refractivity contribution in [3.8, 4) is 0 Å². The lowest BCUT2D eigenvalue weighted by Gasteiger charge is -2.30. The first kappa shape index (κ1) is 12.9. The Kier molecular flexibility index (Phi) is 3.08. The zero-order chi connectivity index (χ0) is 14.2. The van der Waals surface area contributed by atoms with Crippen LogP contribution in [0.1, 0.15) is 47.3 Å². The van der Waals surface area contributed by atoms with Gasteiger partial charge in [0.25, 0.3) is 0 Å². The second kappa shape index (κ2) is 4.78. The fraction of sp³-hybridized carbons (Fsp3) is 0.375. The summed E-state index contributed by atoms with van der Waals surface area (Å²) in [5.41, 5.74) is 2.16. The van der Waals surface area contributed by atoms with Crippen molar-refractivity contribution in [1.82, 2.24) is 9.78 Å². The predicted molar refractivity (Wildman–Crippen MR) is 75.9 cm³/mol. The van der Waals surface area contributed by atoms with Crippen molar-refractivity contribution >= 4 is 5.97 Å². The zero-order valence-corrected chi connectivity index (χ0v) is 11.5. The minimum Gasteiger partial charge on any atom is -0.478 e. The Labute approximate surface area is 118 Å². The van der Waals surface area contributed by atoms with Crippen LogP contribution in [-0.2, 0) is 12.5 Å². The fourth-order valence-electron chi connectivity index (χ4n) is 3.56. The number of hydrogen-bond donors (Lipinski definition) is 1. The maximum absolute atomic E-state index is 11.5. The number of rotatable bonds is 3. The number of carboxylic acid groups (broad SMARTS) is 1. The van der Waals surface area contributed by atoms with Crippen LogP contribution in [0.3, 0.4) is 0 Å². The molecule has 0 bridgehead atoms. The van der Waals surface area contributed by atoms with Gasteiger partial charge in [-0.25, -0.2) is 4.79 Å². The lowest BCUT2D eigenvalue weighted by molar-refractivity contribution is 0.0694. The lowest BCUT2D eigenvalue weighted by Crippen LogP contribution is -2.29. The van der Waals surface area contributed by atoms with Crippen LogP contribution in [-0.4, -0.2) is 20.9 Å². The van der Waals surface area contributed by atoms with Crippen LogP contribution in [0.15, 0.2) is 36.5 Å². The van der Waals surface area contributed by atoms with Crippen LogP contribution in [0.2, 0.25) is 0 Å². The van der Waals surface area contributed by atoms with E-state index in [9.17, 15) is 9.90 Å². The van der Waals surface area contributed by atoms with Crippen LogP contribution in [0.25, 0.3) is 0 Å². The molecule has 4 heteroatoms. The highest BCUT2D eigenvalue weighted by Gasteiger charge is 2.42. The number of aromatic carboxylic acids is 1. The first-order chi connectivity index (χ1) is 9.65. The Morgan fingerprint density at radius 2 is 1.90 bits per heavy atom. The minimum absolute atomic E-state index is 0.208. The second-order valence-corrected chi connectivity index (χ2v) is 5.49. The van der Waals surface area contributed by atoms with Gasteiger partial charge in [0.05, 0.1) is 11.9 Å². The molecule has 0 aliphatic heterocycles. The van der Waals surface area contributed by atoms with Crippen molar-refractivity contribution in [2.75, 3.05) is 0 Å². The standard InChI is InChI=1S/C16H18N2O2/c1-18-14(13(11-17-18)15(19)20)16(9-5-6-10-16)12-7-3-2-4-8-12/h2-4,7-8,11H,5-6,9-10H2,1H3,(H,19,20). The SMILES string of the molecule is Cn1ncc(C(=O)O)c1C1(c2ccccc2)CCCC1. The van der Waals surface area contributed by atoms with Crippen LogP contribution < -0.4 is 0 Å². The highest BCUT2D eigenvalue weighted by atomic mass is 16.4. The van der Waals surface area contributed by atoms with E-state index in [0.717, 1.165) is 31.4 Å². The largest absolute Gasteiger partial charge is 0.478 e. The Balaban J connectivity index is 2.22. The molecule has 1 saturated carbocycles. The van der Waals surface area contributed by atoms with E-state index in [-0.39, 0.29) is 5.41 Å². The van der Waals surface area contributed by atoms with Gasteiger partial charge >= 0.3 is 5.97 Å². The summed E-state index contributed by atoms with van der Waals surface area (Å²) in [6.45, 7) is 0. The second-order valence-electron chi connectivity index (χ2n) is 5.49. The van der Waals surface area contributed by atoms with Gasteiger partial charge in [0.1, 0.15) is 5.56 Å². The summed E-state index contributed by atoms with van der Waals surface area (Å²) in [4.78, 5) is 11.5. The molecule has 1 heterocycles. The molecule has 3 rings (SSSR count). The molecule has 0 saturated heterocycles. The smallest absolute Gasteiger partial charge is 0.339 e. The number of carbonyl (C=O) groups is 1. The molecule has 0 atom stereocenters. The molecule has 0 spiro atoms. The fourth-order valence-corrected chi connectivity index (χ4v) is 3.56. The molecular weight excluding hydrogens is 252 g/mol. The molecule has 20 heavy (non-hydrogen) atoms. The van der Waals surface area contributed by atoms with E-state index >= 15 is 0 Å². The number of aromatic nitrogens is 2. The average molecular weight is 270 g/mol. The van der Waals surface area contributed by atoms with E-state index in [1.165, 1.54) is 11.8 Å². The van der Waals surface area contributed by atoms with Gasteiger partial charge in [-0.1, -0.05) is 43.2 Å². The number of nitrogens with zero attached hydrogens (tertiary/aromatic N) is 2. The molecular formula is C16H18N2O2. The van der Waals surface area contributed by atoms with E-state index in [1.54, 1.807) is 4.68 Å². The topological polar surface area (TPSA) is 55.1 Å². The molecule has 2 aromatic rings. The molecule has 0 radical (unpaired) electrons. The average Bonchev–Trinajstić information content (AvgIpc) is 3.07. The first-order valence-corrected chi connectivity index (χ1v) is 6.96. The summed E-state index contributed by atoms with van der Waals surface area (Å²) in [7, 11) is 1.84. The molecule has 0 unspecified atom stereocenters. The molecule has 4 nitrogen and oxygen atoms in total. The van der Waals surface area contributed by atoms with E-state index in [4.69, 9.17) is 0 Å². The quantitative estimate of drug-likeness (QED) is 0.932. The maximum Gasteiger partial charge on any atom is 0.339 e. The van der Waals surface area contributed by atoms with E-state index in [2.05, 4.69) is 17.2 Å². The van der Waals surface area contributed by atoms with Crippen LogP contribution in [0, 0.1) is 0 Å². The monoisotopic (exact) mass is 270 g/mol. The summed E-state index contributed by atoms with van der Waals surface area (Å²) >= 11 is 0. The summed E-state index contributed by atoms with van der Waals surface area (Å²) in [5.74, 6) is -0.893. The van der Waals surface area contributed by atoms with Gasteiger partial charge in [0.2, 0.25) is 0 Å². The van der Waals surface area contributed by atoms with Crippen molar-refractivity contribution in [2.45, 2.75) is 31.1 Å². The molecule has 0 amide bonds. The minimum atomic E-state index is -0.893. The van der Waals surface area contributed by atoms with Gasteiger partial charge in [0, 0.05) is 12.5 Å². The Hall–Kier alpha value is -2.10.